The van der Waals surface area contributed by atoms with E-state index in [-0.39, 0.29) is 17.4 Å². The zero-order valence-electron chi connectivity index (χ0n) is 17.9. The first-order chi connectivity index (χ1) is 15.3. The highest BCUT2D eigenvalue weighted by Crippen LogP contribution is 2.24. The fourth-order valence-electron chi connectivity index (χ4n) is 2.84. The summed E-state index contributed by atoms with van der Waals surface area (Å²) in [5.41, 5.74) is 1.61. The number of sulfonamides is 1. The Labute approximate surface area is 187 Å². The average molecular weight is 457 g/mol. The van der Waals surface area contributed by atoms with Crippen LogP contribution in [0.5, 0.6) is 17.2 Å². The fourth-order valence-corrected chi connectivity index (χ4v) is 3.98. The number of carbonyl (C=O) groups excluding carboxylic acids is 1. The van der Waals surface area contributed by atoms with Crippen LogP contribution in [0.3, 0.4) is 0 Å². The van der Waals surface area contributed by atoms with Gasteiger partial charge in [-0.2, -0.15) is 0 Å². The maximum Gasteiger partial charge on any atom is 0.262 e. The van der Waals surface area contributed by atoms with Gasteiger partial charge in [0, 0.05) is 11.4 Å². The van der Waals surface area contributed by atoms with Crippen molar-refractivity contribution >= 4 is 27.3 Å². The van der Waals surface area contributed by atoms with Crippen molar-refractivity contribution in [1.29, 1.82) is 0 Å². The molecule has 0 heterocycles. The van der Waals surface area contributed by atoms with Crippen LogP contribution in [0.2, 0.25) is 0 Å². The van der Waals surface area contributed by atoms with Crippen molar-refractivity contribution < 1.29 is 27.4 Å². The Morgan fingerprint density at radius 3 is 1.94 bits per heavy atom. The van der Waals surface area contributed by atoms with E-state index >= 15 is 0 Å². The minimum absolute atomic E-state index is 0.0841. The van der Waals surface area contributed by atoms with Crippen LogP contribution < -0.4 is 24.2 Å². The van der Waals surface area contributed by atoms with Gasteiger partial charge in [0.15, 0.2) is 6.61 Å². The number of hydrogen-bond donors (Lipinski definition) is 2. The summed E-state index contributed by atoms with van der Waals surface area (Å²) in [5.74, 6) is 1.39. The van der Waals surface area contributed by atoms with Gasteiger partial charge in [-0.05, 0) is 79.2 Å². The lowest BCUT2D eigenvalue weighted by Gasteiger charge is -2.13. The van der Waals surface area contributed by atoms with Crippen LogP contribution in [0.25, 0.3) is 0 Å². The second-order valence-corrected chi connectivity index (χ2v) is 8.51. The van der Waals surface area contributed by atoms with E-state index in [2.05, 4.69) is 10.0 Å². The van der Waals surface area contributed by atoms with Crippen LogP contribution in [-0.4, -0.2) is 35.2 Å². The third kappa shape index (κ3) is 5.92. The largest absolute Gasteiger partial charge is 0.497 e. The number of benzene rings is 3. The molecule has 0 unspecified atom stereocenters. The predicted octanol–water partition coefficient (Wildman–Crippen LogP) is 3.83. The average Bonchev–Trinajstić information content (AvgIpc) is 2.79. The van der Waals surface area contributed by atoms with Crippen molar-refractivity contribution in [2.45, 2.75) is 11.8 Å². The highest BCUT2D eigenvalue weighted by atomic mass is 32.2. The Morgan fingerprint density at radius 2 is 1.41 bits per heavy atom. The number of anilines is 2. The Morgan fingerprint density at radius 1 is 0.844 bits per heavy atom. The van der Waals surface area contributed by atoms with Gasteiger partial charge in [-0.1, -0.05) is 0 Å². The molecular weight excluding hydrogens is 432 g/mol. The van der Waals surface area contributed by atoms with Gasteiger partial charge in [0.25, 0.3) is 15.9 Å². The number of aryl methyl sites for hydroxylation is 1. The topological polar surface area (TPSA) is 103 Å². The molecule has 0 radical (unpaired) electrons. The van der Waals surface area contributed by atoms with Gasteiger partial charge in [0.1, 0.15) is 17.2 Å². The smallest absolute Gasteiger partial charge is 0.262 e. The lowest BCUT2D eigenvalue weighted by Crippen LogP contribution is -2.20. The Kier molecular flexibility index (Phi) is 7.21. The molecule has 0 aliphatic heterocycles. The maximum absolute atomic E-state index is 12.7. The van der Waals surface area contributed by atoms with Gasteiger partial charge in [-0.25, -0.2) is 8.42 Å². The van der Waals surface area contributed by atoms with Crippen LogP contribution in [0.1, 0.15) is 5.56 Å². The third-order valence-electron chi connectivity index (χ3n) is 4.53. The number of methoxy groups -OCH3 is 2. The van der Waals surface area contributed by atoms with Crippen molar-refractivity contribution in [3.8, 4) is 17.2 Å². The van der Waals surface area contributed by atoms with E-state index in [4.69, 9.17) is 14.2 Å². The van der Waals surface area contributed by atoms with Gasteiger partial charge < -0.3 is 19.5 Å². The molecule has 3 aromatic rings. The number of rotatable bonds is 9. The van der Waals surface area contributed by atoms with Crippen molar-refractivity contribution in [2.75, 3.05) is 30.9 Å². The SMILES string of the molecule is COc1ccc(NC(=O)COc2ccc(S(=O)(=O)Nc3ccc(OC)cc3)cc2C)cc1. The van der Waals surface area contributed by atoms with E-state index in [1.54, 1.807) is 62.6 Å². The molecule has 32 heavy (non-hydrogen) atoms. The molecule has 0 saturated heterocycles. The third-order valence-corrected chi connectivity index (χ3v) is 5.91. The van der Waals surface area contributed by atoms with E-state index < -0.39 is 10.0 Å². The lowest BCUT2D eigenvalue weighted by atomic mass is 10.2. The minimum atomic E-state index is -3.79. The van der Waals surface area contributed by atoms with E-state index in [1.807, 2.05) is 0 Å². The second-order valence-electron chi connectivity index (χ2n) is 6.83. The molecule has 0 atom stereocenters. The summed E-state index contributed by atoms with van der Waals surface area (Å²) in [5, 5.41) is 2.72. The Hall–Kier alpha value is -3.72. The van der Waals surface area contributed by atoms with Gasteiger partial charge >= 0.3 is 0 Å². The molecule has 0 aliphatic rings. The van der Waals surface area contributed by atoms with E-state index in [9.17, 15) is 13.2 Å². The van der Waals surface area contributed by atoms with Crippen molar-refractivity contribution in [2.24, 2.45) is 0 Å². The summed E-state index contributed by atoms with van der Waals surface area (Å²) < 4.78 is 43.6. The molecule has 0 spiro atoms. The fraction of sp³-hybridized carbons (Fsp3) is 0.174. The molecule has 9 heteroatoms. The molecule has 2 N–H and O–H groups in total. The summed E-state index contributed by atoms with van der Waals surface area (Å²) in [6, 6.07) is 17.9. The van der Waals surface area contributed by atoms with Crippen LogP contribution in [0.4, 0.5) is 11.4 Å². The predicted molar refractivity (Wildman–Crippen MR) is 122 cm³/mol. The Balaban J connectivity index is 1.61. The second kappa shape index (κ2) is 10.1. The number of nitrogens with one attached hydrogen (secondary N) is 2. The molecule has 0 aliphatic carbocycles. The molecule has 3 aromatic carbocycles. The van der Waals surface area contributed by atoms with Gasteiger partial charge in [-0.3, -0.25) is 9.52 Å². The van der Waals surface area contributed by atoms with Crippen LogP contribution in [-0.2, 0) is 14.8 Å². The monoisotopic (exact) mass is 456 g/mol. The first-order valence-corrected chi connectivity index (χ1v) is 11.1. The van der Waals surface area contributed by atoms with Crippen LogP contribution in [0, 0.1) is 6.92 Å². The zero-order valence-corrected chi connectivity index (χ0v) is 18.7. The highest BCUT2D eigenvalue weighted by Gasteiger charge is 2.16. The Bertz CT molecular complexity index is 1180. The molecule has 0 saturated carbocycles. The molecule has 0 bridgehead atoms. The summed E-state index contributed by atoms with van der Waals surface area (Å²) in [6.07, 6.45) is 0. The van der Waals surface area contributed by atoms with E-state index in [0.717, 1.165) is 0 Å². The summed E-state index contributed by atoms with van der Waals surface area (Å²) in [6.45, 7) is 1.49. The maximum atomic E-state index is 12.7. The summed E-state index contributed by atoms with van der Waals surface area (Å²) in [7, 11) is -0.685. The van der Waals surface area contributed by atoms with Gasteiger partial charge in [-0.15, -0.1) is 0 Å². The van der Waals surface area contributed by atoms with Crippen molar-refractivity contribution in [3.05, 3.63) is 72.3 Å². The molecule has 0 fully saturated rings. The molecule has 3 rings (SSSR count). The van der Waals surface area contributed by atoms with Crippen LogP contribution >= 0.6 is 0 Å². The van der Waals surface area contributed by atoms with Crippen LogP contribution in [0.15, 0.2) is 71.6 Å². The minimum Gasteiger partial charge on any atom is -0.497 e. The zero-order chi connectivity index (χ0) is 23.1. The summed E-state index contributed by atoms with van der Waals surface area (Å²) in [4.78, 5) is 12.2. The number of hydrogen-bond acceptors (Lipinski definition) is 6. The molecular formula is C23H24N2O6S. The summed E-state index contributed by atoms with van der Waals surface area (Å²) >= 11 is 0. The van der Waals surface area contributed by atoms with E-state index in [1.165, 1.54) is 25.3 Å². The van der Waals surface area contributed by atoms with Gasteiger partial charge in [0.05, 0.1) is 19.1 Å². The number of ether oxygens (including phenoxy) is 3. The quantitative estimate of drug-likeness (QED) is 0.507. The first kappa shape index (κ1) is 23.0. The molecule has 168 valence electrons. The number of amides is 1. The lowest BCUT2D eigenvalue weighted by molar-refractivity contribution is -0.118. The molecule has 0 aromatic heterocycles. The first-order valence-electron chi connectivity index (χ1n) is 9.65. The molecule has 1 amide bonds. The van der Waals surface area contributed by atoms with Gasteiger partial charge in [0.2, 0.25) is 0 Å². The van der Waals surface area contributed by atoms with E-state index in [0.29, 0.717) is 34.2 Å². The number of carbonyl (C=O) groups is 1. The normalized spacial score (nSPS) is 10.8. The standard InChI is InChI=1S/C23H24N2O6S/c1-16-14-21(32(27,28)25-18-6-10-20(30-3)11-7-18)12-13-22(16)31-15-23(26)24-17-4-8-19(29-2)9-5-17/h4-14,25H,15H2,1-3H3,(H,24,26). The highest BCUT2D eigenvalue weighted by molar-refractivity contribution is 7.92. The van der Waals surface area contributed by atoms with Crippen molar-refractivity contribution in [3.63, 3.8) is 0 Å². The van der Waals surface area contributed by atoms with Crippen molar-refractivity contribution in [1.82, 2.24) is 0 Å². The molecule has 8 nitrogen and oxygen atoms in total.